The predicted molar refractivity (Wildman–Crippen MR) is 50.2 cm³/mol. The largest absolute Gasteiger partial charge is 0.461 e. The van der Waals surface area contributed by atoms with E-state index in [1.165, 1.54) is 6.08 Å². The summed E-state index contributed by atoms with van der Waals surface area (Å²) < 4.78 is 4.76. The van der Waals surface area contributed by atoms with Crippen LogP contribution in [0, 0.1) is 5.92 Å². The number of aldehydes is 1. The first-order valence-electron chi connectivity index (χ1n) is 4.46. The second-order valence-electron chi connectivity index (χ2n) is 2.81. The van der Waals surface area contributed by atoms with Gasteiger partial charge in [0.2, 0.25) is 0 Å². The van der Waals surface area contributed by atoms with E-state index in [9.17, 15) is 9.59 Å². The van der Waals surface area contributed by atoms with Gasteiger partial charge in [-0.15, -0.1) is 0 Å². The number of ether oxygens (including phenoxy) is 1. The van der Waals surface area contributed by atoms with Crippen LogP contribution in [-0.2, 0) is 14.3 Å². The van der Waals surface area contributed by atoms with Crippen molar-refractivity contribution in [3.63, 3.8) is 0 Å². The highest BCUT2D eigenvalue weighted by Crippen LogP contribution is 2.08. The molecule has 0 rings (SSSR count). The standard InChI is InChI=1S/C10H16O3/c1-3-7-13-10(12)6-5-9(4-2)8-11/h3,8-9H,1,4-7H2,2H3. The molecule has 3 nitrogen and oxygen atoms in total. The summed E-state index contributed by atoms with van der Waals surface area (Å²) in [7, 11) is 0. The molecular weight excluding hydrogens is 168 g/mol. The summed E-state index contributed by atoms with van der Waals surface area (Å²) in [6.07, 6.45) is 4.08. The first kappa shape index (κ1) is 11.9. The quantitative estimate of drug-likeness (QED) is 0.344. The Hall–Kier alpha value is -1.12. The molecule has 13 heavy (non-hydrogen) atoms. The van der Waals surface area contributed by atoms with E-state index in [1.807, 2.05) is 6.92 Å². The monoisotopic (exact) mass is 184 g/mol. The Kier molecular flexibility index (Phi) is 6.88. The van der Waals surface area contributed by atoms with E-state index >= 15 is 0 Å². The number of hydrogen-bond donors (Lipinski definition) is 0. The zero-order valence-corrected chi connectivity index (χ0v) is 7.99. The Morgan fingerprint density at radius 1 is 1.62 bits per heavy atom. The van der Waals surface area contributed by atoms with E-state index < -0.39 is 0 Å². The first-order valence-corrected chi connectivity index (χ1v) is 4.46. The summed E-state index contributed by atoms with van der Waals surface area (Å²) in [6, 6.07) is 0. The van der Waals surface area contributed by atoms with E-state index in [4.69, 9.17) is 4.74 Å². The number of carbonyl (C=O) groups excluding carboxylic acids is 2. The number of carbonyl (C=O) groups is 2. The number of esters is 1. The molecule has 0 bridgehead atoms. The van der Waals surface area contributed by atoms with Gasteiger partial charge in [-0.1, -0.05) is 19.6 Å². The molecule has 1 unspecified atom stereocenters. The Labute approximate surface area is 78.8 Å². The molecule has 0 heterocycles. The van der Waals surface area contributed by atoms with Gasteiger partial charge in [-0.05, 0) is 12.8 Å². The van der Waals surface area contributed by atoms with Crippen molar-refractivity contribution in [2.24, 2.45) is 5.92 Å². The van der Waals surface area contributed by atoms with Crippen LogP contribution in [0.2, 0.25) is 0 Å². The van der Waals surface area contributed by atoms with Crippen molar-refractivity contribution in [1.29, 1.82) is 0 Å². The lowest BCUT2D eigenvalue weighted by molar-refractivity contribution is -0.142. The Morgan fingerprint density at radius 3 is 2.77 bits per heavy atom. The van der Waals surface area contributed by atoms with Crippen molar-refractivity contribution in [3.05, 3.63) is 12.7 Å². The third-order valence-electron chi connectivity index (χ3n) is 1.80. The van der Waals surface area contributed by atoms with Gasteiger partial charge in [-0.3, -0.25) is 4.79 Å². The van der Waals surface area contributed by atoms with Gasteiger partial charge in [0.05, 0.1) is 0 Å². The smallest absolute Gasteiger partial charge is 0.306 e. The second-order valence-corrected chi connectivity index (χ2v) is 2.81. The molecule has 0 aromatic carbocycles. The third kappa shape index (κ3) is 6.08. The van der Waals surface area contributed by atoms with Crippen LogP contribution in [0.25, 0.3) is 0 Å². The summed E-state index contributed by atoms with van der Waals surface area (Å²) in [6.45, 7) is 5.60. The molecule has 0 aliphatic carbocycles. The molecule has 0 radical (unpaired) electrons. The van der Waals surface area contributed by atoms with E-state index in [2.05, 4.69) is 6.58 Å². The fourth-order valence-corrected chi connectivity index (χ4v) is 0.896. The van der Waals surface area contributed by atoms with Gasteiger partial charge in [0.1, 0.15) is 12.9 Å². The zero-order valence-electron chi connectivity index (χ0n) is 7.99. The molecule has 74 valence electrons. The van der Waals surface area contributed by atoms with Crippen LogP contribution in [0.15, 0.2) is 12.7 Å². The molecule has 0 amide bonds. The normalized spacial score (nSPS) is 11.8. The molecule has 0 fully saturated rings. The van der Waals surface area contributed by atoms with Crippen LogP contribution < -0.4 is 0 Å². The highest BCUT2D eigenvalue weighted by atomic mass is 16.5. The van der Waals surface area contributed by atoms with Crippen molar-refractivity contribution < 1.29 is 14.3 Å². The predicted octanol–water partition coefficient (Wildman–Crippen LogP) is 1.72. The van der Waals surface area contributed by atoms with Crippen molar-refractivity contribution in [3.8, 4) is 0 Å². The molecule has 1 atom stereocenters. The van der Waals surface area contributed by atoms with Crippen molar-refractivity contribution in [2.45, 2.75) is 26.2 Å². The summed E-state index contributed by atoms with van der Waals surface area (Å²) in [4.78, 5) is 21.3. The van der Waals surface area contributed by atoms with Crippen LogP contribution in [0.4, 0.5) is 0 Å². The molecule has 0 saturated carbocycles. The van der Waals surface area contributed by atoms with Crippen molar-refractivity contribution >= 4 is 12.3 Å². The third-order valence-corrected chi connectivity index (χ3v) is 1.80. The average molecular weight is 184 g/mol. The van der Waals surface area contributed by atoms with Crippen LogP contribution in [0.3, 0.4) is 0 Å². The van der Waals surface area contributed by atoms with Gasteiger partial charge in [-0.25, -0.2) is 0 Å². The topological polar surface area (TPSA) is 43.4 Å². The summed E-state index contributed by atoms with van der Waals surface area (Å²) in [5.41, 5.74) is 0. The molecular formula is C10H16O3. The van der Waals surface area contributed by atoms with Crippen LogP contribution in [0.1, 0.15) is 26.2 Å². The molecule has 0 aliphatic heterocycles. The van der Waals surface area contributed by atoms with Gasteiger partial charge in [0.25, 0.3) is 0 Å². The van der Waals surface area contributed by atoms with E-state index in [1.54, 1.807) is 0 Å². The van der Waals surface area contributed by atoms with Crippen LogP contribution >= 0.6 is 0 Å². The first-order chi connectivity index (χ1) is 6.24. The molecule has 0 aliphatic rings. The summed E-state index contributed by atoms with van der Waals surface area (Å²) in [5.74, 6) is -0.281. The molecule has 0 spiro atoms. The van der Waals surface area contributed by atoms with Gasteiger partial charge >= 0.3 is 5.97 Å². The molecule has 0 saturated heterocycles. The lowest BCUT2D eigenvalue weighted by Gasteiger charge is -2.05. The van der Waals surface area contributed by atoms with Crippen LogP contribution in [-0.4, -0.2) is 18.9 Å². The fraction of sp³-hybridized carbons (Fsp3) is 0.600. The molecule has 0 N–H and O–H groups in total. The van der Waals surface area contributed by atoms with Crippen molar-refractivity contribution in [2.75, 3.05) is 6.61 Å². The Balaban J connectivity index is 3.55. The second kappa shape index (κ2) is 7.53. The number of rotatable bonds is 7. The highest BCUT2D eigenvalue weighted by molar-refractivity contribution is 5.70. The van der Waals surface area contributed by atoms with Gasteiger partial charge < -0.3 is 9.53 Å². The maximum absolute atomic E-state index is 11.0. The highest BCUT2D eigenvalue weighted by Gasteiger charge is 2.08. The minimum atomic E-state index is -0.264. The Morgan fingerprint density at radius 2 is 2.31 bits per heavy atom. The molecule has 3 heteroatoms. The number of hydrogen-bond acceptors (Lipinski definition) is 3. The maximum atomic E-state index is 11.0. The molecule has 0 aromatic heterocycles. The lowest BCUT2D eigenvalue weighted by Crippen LogP contribution is -2.08. The van der Waals surface area contributed by atoms with Crippen molar-refractivity contribution in [1.82, 2.24) is 0 Å². The van der Waals surface area contributed by atoms with E-state index in [0.717, 1.165) is 12.7 Å². The fourth-order valence-electron chi connectivity index (χ4n) is 0.896. The summed E-state index contributed by atoms with van der Waals surface area (Å²) in [5, 5.41) is 0. The minimum Gasteiger partial charge on any atom is -0.461 e. The van der Waals surface area contributed by atoms with Crippen LogP contribution in [0.5, 0.6) is 0 Å². The van der Waals surface area contributed by atoms with E-state index in [-0.39, 0.29) is 18.5 Å². The SMILES string of the molecule is C=CCOC(=O)CCC(C=O)CC. The van der Waals surface area contributed by atoms with Gasteiger partial charge in [0, 0.05) is 12.3 Å². The lowest BCUT2D eigenvalue weighted by atomic mass is 10.0. The summed E-state index contributed by atoms with van der Waals surface area (Å²) >= 11 is 0. The van der Waals surface area contributed by atoms with E-state index in [0.29, 0.717) is 12.8 Å². The zero-order chi connectivity index (χ0) is 10.1. The van der Waals surface area contributed by atoms with Gasteiger partial charge in [0.15, 0.2) is 0 Å². The maximum Gasteiger partial charge on any atom is 0.306 e. The Bertz CT molecular complexity index is 175. The molecule has 0 aromatic rings. The minimum absolute atomic E-state index is 0.0173. The average Bonchev–Trinajstić information content (AvgIpc) is 2.16. The van der Waals surface area contributed by atoms with Gasteiger partial charge in [-0.2, -0.15) is 0 Å².